The molecular formula is C25H22N4O2S2. The molecule has 0 bridgehead atoms. The van der Waals surface area contributed by atoms with Crippen LogP contribution in [0.5, 0.6) is 0 Å². The number of hydrogen-bond donors (Lipinski definition) is 3. The Kier molecular flexibility index (Phi) is 7.39. The number of rotatable bonds is 7. The van der Waals surface area contributed by atoms with Gasteiger partial charge in [-0.25, -0.2) is 9.78 Å². The topological polar surface area (TPSA) is 83.1 Å². The van der Waals surface area contributed by atoms with Crippen molar-refractivity contribution in [2.75, 3.05) is 16.0 Å². The number of para-hydroxylation sites is 1. The van der Waals surface area contributed by atoms with Gasteiger partial charge in [0.2, 0.25) is 0 Å². The van der Waals surface area contributed by atoms with Crippen molar-refractivity contribution in [3.8, 4) is 0 Å². The number of amides is 3. The van der Waals surface area contributed by atoms with E-state index < -0.39 is 0 Å². The van der Waals surface area contributed by atoms with E-state index in [1.54, 1.807) is 47.4 Å². The summed E-state index contributed by atoms with van der Waals surface area (Å²) in [5.74, 6) is 0.615. The summed E-state index contributed by atoms with van der Waals surface area (Å²) >= 11 is 3.34. The maximum atomic E-state index is 12.6. The summed E-state index contributed by atoms with van der Waals surface area (Å²) in [7, 11) is 0. The van der Waals surface area contributed by atoms with E-state index in [2.05, 4.69) is 26.3 Å². The molecule has 4 rings (SSSR count). The minimum Gasteiger partial charge on any atom is -0.322 e. The molecule has 33 heavy (non-hydrogen) atoms. The molecule has 166 valence electrons. The number of aromatic nitrogens is 1. The van der Waals surface area contributed by atoms with E-state index in [4.69, 9.17) is 0 Å². The molecule has 3 N–H and O–H groups in total. The first-order chi connectivity index (χ1) is 16.0. The van der Waals surface area contributed by atoms with Crippen LogP contribution in [-0.4, -0.2) is 16.9 Å². The lowest BCUT2D eigenvalue weighted by molar-refractivity contribution is 0.102. The van der Waals surface area contributed by atoms with Gasteiger partial charge in [0.1, 0.15) is 0 Å². The van der Waals surface area contributed by atoms with Gasteiger partial charge in [-0.1, -0.05) is 18.2 Å². The number of aryl methyl sites for hydroxylation is 1. The SMILES string of the molecule is Cc1nc(CSc2ccc(C(=O)Nc3ccc(NC(=O)Nc4ccccc4)cc3)cc2)cs1. The second kappa shape index (κ2) is 10.8. The number of nitrogens with one attached hydrogen (secondary N) is 3. The molecule has 6 nitrogen and oxygen atoms in total. The first-order valence-corrected chi connectivity index (χ1v) is 12.1. The van der Waals surface area contributed by atoms with E-state index in [1.165, 1.54) is 0 Å². The Labute approximate surface area is 200 Å². The molecule has 0 fully saturated rings. The fraction of sp³-hybridized carbons (Fsp3) is 0.0800. The fourth-order valence-corrected chi connectivity index (χ4v) is 4.50. The molecule has 0 aliphatic heterocycles. The molecule has 3 aromatic carbocycles. The monoisotopic (exact) mass is 474 g/mol. The van der Waals surface area contributed by atoms with Crippen molar-refractivity contribution in [2.45, 2.75) is 17.6 Å². The second-order valence-corrected chi connectivity index (χ2v) is 9.26. The molecule has 0 aliphatic carbocycles. The van der Waals surface area contributed by atoms with E-state index in [0.29, 0.717) is 22.6 Å². The number of anilines is 3. The maximum Gasteiger partial charge on any atom is 0.323 e. The lowest BCUT2D eigenvalue weighted by Crippen LogP contribution is -2.19. The Bertz CT molecular complexity index is 1220. The predicted molar refractivity (Wildman–Crippen MR) is 136 cm³/mol. The highest BCUT2D eigenvalue weighted by atomic mass is 32.2. The van der Waals surface area contributed by atoms with Gasteiger partial charge in [0.25, 0.3) is 5.91 Å². The number of thioether (sulfide) groups is 1. The minimum absolute atomic E-state index is 0.191. The van der Waals surface area contributed by atoms with Gasteiger partial charge in [0, 0.05) is 38.7 Å². The van der Waals surface area contributed by atoms with Crippen LogP contribution < -0.4 is 16.0 Å². The number of carbonyl (C=O) groups is 2. The van der Waals surface area contributed by atoms with Gasteiger partial charge in [-0.05, 0) is 67.6 Å². The van der Waals surface area contributed by atoms with E-state index in [1.807, 2.05) is 61.5 Å². The zero-order valence-electron chi connectivity index (χ0n) is 17.9. The molecule has 0 unspecified atom stereocenters. The summed E-state index contributed by atoms with van der Waals surface area (Å²) in [5, 5.41) is 11.5. The molecule has 0 aliphatic rings. The third-order valence-corrected chi connectivity index (χ3v) is 6.47. The number of urea groups is 1. The van der Waals surface area contributed by atoms with Crippen molar-refractivity contribution in [2.24, 2.45) is 0 Å². The van der Waals surface area contributed by atoms with Gasteiger partial charge in [0.15, 0.2) is 0 Å². The van der Waals surface area contributed by atoms with Gasteiger partial charge in [0.05, 0.1) is 10.7 Å². The van der Waals surface area contributed by atoms with Crippen molar-refractivity contribution in [1.29, 1.82) is 0 Å². The highest BCUT2D eigenvalue weighted by molar-refractivity contribution is 7.98. The van der Waals surface area contributed by atoms with Crippen LogP contribution in [0.3, 0.4) is 0 Å². The van der Waals surface area contributed by atoms with E-state index >= 15 is 0 Å². The van der Waals surface area contributed by atoms with E-state index in [-0.39, 0.29) is 11.9 Å². The fourth-order valence-electron chi connectivity index (χ4n) is 2.99. The second-order valence-electron chi connectivity index (χ2n) is 7.15. The first-order valence-electron chi connectivity index (χ1n) is 10.2. The Morgan fingerprint density at radius 2 is 1.42 bits per heavy atom. The van der Waals surface area contributed by atoms with Gasteiger partial charge in [-0.15, -0.1) is 23.1 Å². The highest BCUT2D eigenvalue weighted by Gasteiger charge is 2.08. The molecule has 0 saturated heterocycles. The summed E-state index contributed by atoms with van der Waals surface area (Å²) in [6.07, 6.45) is 0. The average molecular weight is 475 g/mol. The van der Waals surface area contributed by atoms with Crippen LogP contribution >= 0.6 is 23.1 Å². The van der Waals surface area contributed by atoms with Crippen molar-refractivity contribution < 1.29 is 9.59 Å². The molecule has 0 radical (unpaired) electrons. The van der Waals surface area contributed by atoms with Crippen molar-refractivity contribution in [3.05, 3.63) is 101 Å². The minimum atomic E-state index is -0.333. The third-order valence-electron chi connectivity index (χ3n) is 4.60. The van der Waals surface area contributed by atoms with Crippen molar-refractivity contribution in [3.63, 3.8) is 0 Å². The van der Waals surface area contributed by atoms with Crippen molar-refractivity contribution >= 4 is 52.1 Å². The Morgan fingerprint density at radius 3 is 2.03 bits per heavy atom. The smallest absolute Gasteiger partial charge is 0.322 e. The Morgan fingerprint density at radius 1 is 0.818 bits per heavy atom. The molecule has 0 saturated carbocycles. The summed E-state index contributed by atoms with van der Waals surface area (Å²) in [5.41, 5.74) is 3.62. The number of thiazole rings is 1. The molecule has 1 heterocycles. The summed E-state index contributed by atoms with van der Waals surface area (Å²) in [6, 6.07) is 23.3. The maximum absolute atomic E-state index is 12.6. The van der Waals surface area contributed by atoms with Crippen LogP contribution in [0.1, 0.15) is 21.1 Å². The summed E-state index contributed by atoms with van der Waals surface area (Å²) in [6.45, 7) is 2.00. The normalized spacial score (nSPS) is 10.5. The average Bonchev–Trinajstić information content (AvgIpc) is 3.25. The molecule has 3 amide bonds. The quantitative estimate of drug-likeness (QED) is 0.262. The van der Waals surface area contributed by atoms with Crippen LogP contribution in [0.15, 0.2) is 89.1 Å². The van der Waals surface area contributed by atoms with Crippen LogP contribution in [0.2, 0.25) is 0 Å². The molecule has 8 heteroatoms. The summed E-state index contributed by atoms with van der Waals surface area (Å²) < 4.78 is 0. The zero-order valence-corrected chi connectivity index (χ0v) is 19.5. The zero-order chi connectivity index (χ0) is 23.0. The lowest BCUT2D eigenvalue weighted by atomic mass is 10.2. The van der Waals surface area contributed by atoms with E-state index in [0.717, 1.165) is 21.3 Å². The number of hydrogen-bond acceptors (Lipinski definition) is 5. The third kappa shape index (κ3) is 6.68. The number of benzene rings is 3. The standard InChI is InChI=1S/C25H22N4O2S2/c1-17-26-22(15-32-17)16-33-23-13-7-18(8-14-23)24(30)27-20-9-11-21(12-10-20)29-25(31)28-19-5-3-2-4-6-19/h2-15H,16H2,1H3,(H,27,30)(H2,28,29,31). The first kappa shape index (κ1) is 22.6. The van der Waals surface area contributed by atoms with E-state index in [9.17, 15) is 9.59 Å². The Balaban J connectivity index is 1.27. The molecule has 0 atom stereocenters. The van der Waals surface area contributed by atoms with Crippen LogP contribution in [-0.2, 0) is 5.75 Å². The number of nitrogens with zero attached hydrogens (tertiary/aromatic N) is 1. The molecule has 4 aromatic rings. The van der Waals surface area contributed by atoms with Crippen LogP contribution in [0, 0.1) is 6.92 Å². The summed E-state index contributed by atoms with van der Waals surface area (Å²) in [4.78, 5) is 30.2. The predicted octanol–water partition coefficient (Wildman–Crippen LogP) is 6.64. The molecule has 1 aromatic heterocycles. The Hall–Kier alpha value is -3.62. The highest BCUT2D eigenvalue weighted by Crippen LogP contribution is 2.24. The van der Waals surface area contributed by atoms with Crippen molar-refractivity contribution in [1.82, 2.24) is 4.98 Å². The lowest BCUT2D eigenvalue weighted by Gasteiger charge is -2.09. The van der Waals surface area contributed by atoms with Gasteiger partial charge in [-0.3, -0.25) is 4.79 Å². The van der Waals surface area contributed by atoms with Crippen LogP contribution in [0.25, 0.3) is 0 Å². The molecular weight excluding hydrogens is 452 g/mol. The van der Waals surface area contributed by atoms with Gasteiger partial charge in [-0.2, -0.15) is 0 Å². The number of carbonyl (C=O) groups excluding carboxylic acids is 2. The molecule has 0 spiro atoms. The largest absolute Gasteiger partial charge is 0.323 e. The van der Waals surface area contributed by atoms with Crippen LogP contribution in [0.4, 0.5) is 21.9 Å². The van der Waals surface area contributed by atoms with Gasteiger partial charge < -0.3 is 16.0 Å². The van der Waals surface area contributed by atoms with Gasteiger partial charge >= 0.3 is 6.03 Å².